The minimum Gasteiger partial charge on any atom is -0.493 e. The van der Waals surface area contributed by atoms with Crippen LogP contribution in [0, 0.1) is 18.3 Å². The highest BCUT2D eigenvalue weighted by molar-refractivity contribution is 6.09. The number of rotatable bonds is 8. The molecule has 1 aromatic heterocycles. The fraction of sp³-hybridized carbons (Fsp3) is 0.240. The number of nitriles is 1. The molecule has 3 aromatic rings. The van der Waals surface area contributed by atoms with E-state index in [9.17, 15) is 14.9 Å². The summed E-state index contributed by atoms with van der Waals surface area (Å²) in [6, 6.07) is 16.2. The SMILES string of the molecule is CCCOc1ccc(/C=C(\C#N)C(=O)Nc2c(C)n(C)n(-c3ccccc3)c2=O)cc1OC. The first-order valence-corrected chi connectivity index (χ1v) is 10.5. The van der Waals surface area contributed by atoms with Gasteiger partial charge in [-0.3, -0.25) is 14.3 Å². The Bertz CT molecular complexity index is 1280. The molecule has 0 bridgehead atoms. The maximum Gasteiger partial charge on any atom is 0.295 e. The van der Waals surface area contributed by atoms with Gasteiger partial charge >= 0.3 is 0 Å². The monoisotopic (exact) mass is 446 g/mol. The van der Waals surface area contributed by atoms with Crippen molar-refractivity contribution in [2.75, 3.05) is 19.0 Å². The Labute approximate surface area is 192 Å². The van der Waals surface area contributed by atoms with Crippen molar-refractivity contribution in [2.45, 2.75) is 20.3 Å². The number of para-hydroxylation sites is 1. The van der Waals surface area contributed by atoms with Gasteiger partial charge in [0.2, 0.25) is 0 Å². The van der Waals surface area contributed by atoms with Crippen molar-refractivity contribution in [3.8, 4) is 23.3 Å². The molecule has 0 saturated heterocycles. The van der Waals surface area contributed by atoms with Crippen molar-refractivity contribution < 1.29 is 14.3 Å². The normalized spacial score (nSPS) is 11.1. The number of nitrogens with one attached hydrogen (secondary N) is 1. The topological polar surface area (TPSA) is 98.3 Å². The lowest BCUT2D eigenvalue weighted by atomic mass is 10.1. The molecule has 0 aliphatic heterocycles. The minimum atomic E-state index is -0.672. The van der Waals surface area contributed by atoms with E-state index in [0.29, 0.717) is 35.1 Å². The van der Waals surface area contributed by atoms with E-state index in [2.05, 4.69) is 5.32 Å². The lowest BCUT2D eigenvalue weighted by Crippen LogP contribution is -2.23. The third-order valence-corrected chi connectivity index (χ3v) is 5.12. The lowest BCUT2D eigenvalue weighted by molar-refractivity contribution is -0.112. The third kappa shape index (κ3) is 4.99. The van der Waals surface area contributed by atoms with Gasteiger partial charge in [-0.05, 0) is 49.2 Å². The summed E-state index contributed by atoms with van der Waals surface area (Å²) in [4.78, 5) is 25.9. The van der Waals surface area contributed by atoms with E-state index in [-0.39, 0.29) is 16.8 Å². The first kappa shape index (κ1) is 23.4. The number of nitrogens with zero attached hydrogens (tertiary/aromatic N) is 3. The van der Waals surface area contributed by atoms with Crippen molar-refractivity contribution in [2.24, 2.45) is 7.05 Å². The molecule has 0 unspecified atom stereocenters. The molecule has 0 atom stereocenters. The molecule has 33 heavy (non-hydrogen) atoms. The fourth-order valence-corrected chi connectivity index (χ4v) is 3.31. The van der Waals surface area contributed by atoms with E-state index >= 15 is 0 Å². The average molecular weight is 447 g/mol. The summed E-state index contributed by atoms with van der Waals surface area (Å²) in [5, 5.41) is 12.2. The van der Waals surface area contributed by atoms with Crippen molar-refractivity contribution >= 4 is 17.7 Å². The van der Waals surface area contributed by atoms with Crippen LogP contribution < -0.4 is 20.3 Å². The van der Waals surface area contributed by atoms with Crippen LogP contribution in [0.5, 0.6) is 11.5 Å². The Morgan fingerprint density at radius 2 is 1.91 bits per heavy atom. The molecule has 0 saturated carbocycles. The highest BCUT2D eigenvalue weighted by Gasteiger charge is 2.20. The summed E-state index contributed by atoms with van der Waals surface area (Å²) in [5.74, 6) is 0.411. The smallest absolute Gasteiger partial charge is 0.295 e. The Morgan fingerprint density at radius 1 is 1.18 bits per heavy atom. The van der Waals surface area contributed by atoms with E-state index < -0.39 is 5.91 Å². The van der Waals surface area contributed by atoms with Gasteiger partial charge in [0.05, 0.1) is 25.1 Å². The second-order valence-corrected chi connectivity index (χ2v) is 7.32. The maximum atomic E-state index is 13.0. The van der Waals surface area contributed by atoms with E-state index in [1.807, 2.05) is 31.2 Å². The van der Waals surface area contributed by atoms with Crippen LogP contribution in [0.4, 0.5) is 5.69 Å². The average Bonchev–Trinajstić information content (AvgIpc) is 3.04. The van der Waals surface area contributed by atoms with Crippen LogP contribution in [0.15, 0.2) is 58.9 Å². The highest BCUT2D eigenvalue weighted by atomic mass is 16.5. The highest BCUT2D eigenvalue weighted by Crippen LogP contribution is 2.29. The van der Waals surface area contributed by atoms with E-state index in [1.165, 1.54) is 17.9 Å². The Morgan fingerprint density at radius 3 is 2.55 bits per heavy atom. The molecule has 1 N–H and O–H groups in total. The first-order chi connectivity index (χ1) is 15.9. The van der Waals surface area contributed by atoms with Crippen LogP contribution in [-0.4, -0.2) is 29.0 Å². The predicted molar refractivity (Wildman–Crippen MR) is 127 cm³/mol. The largest absolute Gasteiger partial charge is 0.493 e. The molecule has 0 aliphatic rings. The zero-order valence-electron chi connectivity index (χ0n) is 19.1. The van der Waals surface area contributed by atoms with E-state index in [4.69, 9.17) is 9.47 Å². The third-order valence-electron chi connectivity index (χ3n) is 5.12. The predicted octanol–water partition coefficient (Wildman–Crippen LogP) is 3.83. The lowest BCUT2D eigenvalue weighted by Gasteiger charge is -2.10. The van der Waals surface area contributed by atoms with Gasteiger partial charge in [-0.1, -0.05) is 31.2 Å². The zero-order valence-corrected chi connectivity index (χ0v) is 19.1. The quantitative estimate of drug-likeness (QED) is 0.419. The number of anilines is 1. The number of ether oxygens (including phenoxy) is 2. The van der Waals surface area contributed by atoms with Crippen LogP contribution >= 0.6 is 0 Å². The van der Waals surface area contributed by atoms with Gasteiger partial charge < -0.3 is 14.8 Å². The van der Waals surface area contributed by atoms with Crippen LogP contribution in [-0.2, 0) is 11.8 Å². The number of benzene rings is 2. The van der Waals surface area contributed by atoms with E-state index in [1.54, 1.807) is 49.0 Å². The number of amides is 1. The minimum absolute atomic E-state index is 0.119. The number of hydrogen-bond acceptors (Lipinski definition) is 5. The molecule has 8 nitrogen and oxygen atoms in total. The summed E-state index contributed by atoms with van der Waals surface area (Å²) in [5.41, 5.74) is 1.41. The molecule has 8 heteroatoms. The summed E-state index contributed by atoms with van der Waals surface area (Å²) in [6.07, 6.45) is 2.30. The molecule has 3 rings (SSSR count). The summed E-state index contributed by atoms with van der Waals surface area (Å²) >= 11 is 0. The van der Waals surface area contributed by atoms with Gasteiger partial charge in [0.15, 0.2) is 11.5 Å². The van der Waals surface area contributed by atoms with Gasteiger partial charge in [0, 0.05) is 7.05 Å². The molecule has 170 valence electrons. The van der Waals surface area contributed by atoms with Gasteiger partial charge in [0.25, 0.3) is 11.5 Å². The van der Waals surface area contributed by atoms with Crippen LogP contribution in [0.25, 0.3) is 11.8 Å². The molecular formula is C25H26N4O4. The second kappa shape index (κ2) is 10.4. The molecule has 0 spiro atoms. The molecule has 1 amide bonds. The van der Waals surface area contributed by atoms with Crippen molar-refractivity contribution in [3.05, 3.63) is 75.7 Å². The van der Waals surface area contributed by atoms with Crippen LogP contribution in [0.3, 0.4) is 0 Å². The van der Waals surface area contributed by atoms with Gasteiger partial charge in [0.1, 0.15) is 17.3 Å². The summed E-state index contributed by atoms with van der Waals surface area (Å²) < 4.78 is 14.1. The Hall–Kier alpha value is -4.25. The number of aromatic nitrogens is 2. The van der Waals surface area contributed by atoms with E-state index in [0.717, 1.165) is 6.42 Å². The molecule has 2 aromatic carbocycles. The summed E-state index contributed by atoms with van der Waals surface area (Å²) in [6.45, 7) is 4.28. The first-order valence-electron chi connectivity index (χ1n) is 10.5. The molecule has 0 fully saturated rings. The fourth-order valence-electron chi connectivity index (χ4n) is 3.31. The molecule has 1 heterocycles. The Balaban J connectivity index is 1.90. The van der Waals surface area contributed by atoms with Crippen LogP contribution in [0.1, 0.15) is 24.6 Å². The Kier molecular flexibility index (Phi) is 7.36. The number of carbonyl (C=O) groups excluding carboxylic acids is 1. The van der Waals surface area contributed by atoms with Gasteiger partial charge in [-0.2, -0.15) is 5.26 Å². The van der Waals surface area contributed by atoms with Gasteiger partial charge in [-0.25, -0.2) is 4.68 Å². The molecule has 0 radical (unpaired) electrons. The molecular weight excluding hydrogens is 420 g/mol. The second-order valence-electron chi connectivity index (χ2n) is 7.32. The van der Waals surface area contributed by atoms with Crippen LogP contribution in [0.2, 0.25) is 0 Å². The van der Waals surface area contributed by atoms with Gasteiger partial charge in [-0.15, -0.1) is 0 Å². The number of methoxy groups -OCH3 is 1. The van der Waals surface area contributed by atoms with Crippen molar-refractivity contribution in [1.29, 1.82) is 5.26 Å². The standard InChI is InChI=1S/C25H26N4O4/c1-5-13-33-21-12-11-18(15-22(21)32-4)14-19(16-26)24(30)27-23-17(2)28(3)29(25(23)31)20-9-7-6-8-10-20/h6-12,14-15H,5,13H2,1-4H3,(H,27,30)/b19-14+. The van der Waals surface area contributed by atoms with Crippen molar-refractivity contribution in [1.82, 2.24) is 9.36 Å². The number of hydrogen-bond donors (Lipinski definition) is 1. The molecule has 0 aliphatic carbocycles. The zero-order chi connectivity index (χ0) is 24.0. The maximum absolute atomic E-state index is 13.0. The number of carbonyl (C=O) groups is 1. The summed E-state index contributed by atoms with van der Waals surface area (Å²) in [7, 11) is 3.25. The van der Waals surface area contributed by atoms with Crippen molar-refractivity contribution in [3.63, 3.8) is 0 Å².